The normalized spacial score (nSPS) is 17.5. The minimum atomic E-state index is -3.58. The van der Waals surface area contributed by atoms with Gasteiger partial charge in [-0.1, -0.05) is 72.8 Å². The van der Waals surface area contributed by atoms with Crippen LogP contribution in [-0.4, -0.2) is 59.7 Å². The Kier molecular flexibility index (Phi) is 7.03. The molecule has 1 aromatic heterocycles. The number of anilines is 1. The van der Waals surface area contributed by atoms with Gasteiger partial charge in [0.2, 0.25) is 10.0 Å². The van der Waals surface area contributed by atoms with Crippen molar-refractivity contribution in [2.75, 3.05) is 24.4 Å². The van der Waals surface area contributed by atoms with Gasteiger partial charge in [0.25, 0.3) is 5.91 Å². The molecule has 0 bridgehead atoms. The Morgan fingerprint density at radius 3 is 2.33 bits per heavy atom. The SMILES string of the molecule is O=C(c1[nH]c(=O)n(-c2ccccc2NS(=O)(=O)C2CC2)c1-c1ccccc1)N1CCNCC1Cc1ccccc1. The highest BCUT2D eigenvalue weighted by atomic mass is 32.2. The number of benzene rings is 3. The van der Waals surface area contributed by atoms with Gasteiger partial charge in [0, 0.05) is 31.2 Å². The van der Waals surface area contributed by atoms with Crippen LogP contribution in [0.4, 0.5) is 5.69 Å². The van der Waals surface area contributed by atoms with Crippen molar-refractivity contribution in [3.63, 3.8) is 0 Å². The number of carbonyl (C=O) groups is 1. The van der Waals surface area contributed by atoms with E-state index >= 15 is 0 Å². The maximum absolute atomic E-state index is 14.2. The van der Waals surface area contributed by atoms with Crippen molar-refractivity contribution in [3.8, 4) is 16.9 Å². The molecule has 3 N–H and O–H groups in total. The number of amides is 1. The lowest BCUT2D eigenvalue weighted by atomic mass is 10.0. The number of carbonyl (C=O) groups excluding carboxylic acids is 1. The molecule has 1 atom stereocenters. The highest BCUT2D eigenvalue weighted by Crippen LogP contribution is 2.33. The van der Waals surface area contributed by atoms with Crippen LogP contribution in [0.3, 0.4) is 0 Å². The molecule has 206 valence electrons. The number of nitrogens with zero attached hydrogens (tertiary/aromatic N) is 2. The topological polar surface area (TPSA) is 116 Å². The lowest BCUT2D eigenvalue weighted by Gasteiger charge is -2.36. The third-order valence-corrected chi connectivity index (χ3v) is 9.30. The maximum Gasteiger partial charge on any atom is 0.331 e. The van der Waals surface area contributed by atoms with Crippen LogP contribution in [0.25, 0.3) is 16.9 Å². The van der Waals surface area contributed by atoms with E-state index in [0.29, 0.717) is 55.8 Å². The van der Waals surface area contributed by atoms with Crippen LogP contribution in [-0.2, 0) is 16.4 Å². The monoisotopic (exact) mass is 557 g/mol. The number of aromatic amines is 1. The summed E-state index contributed by atoms with van der Waals surface area (Å²) in [6, 6.07) is 25.9. The lowest BCUT2D eigenvalue weighted by molar-refractivity contribution is 0.0631. The van der Waals surface area contributed by atoms with E-state index in [9.17, 15) is 18.0 Å². The fourth-order valence-corrected chi connectivity index (χ4v) is 6.70. The number of hydrogen-bond donors (Lipinski definition) is 3. The molecule has 2 aliphatic rings. The van der Waals surface area contributed by atoms with Crippen molar-refractivity contribution in [3.05, 3.63) is 107 Å². The van der Waals surface area contributed by atoms with Gasteiger partial charge in [-0.05, 0) is 37.0 Å². The van der Waals surface area contributed by atoms with E-state index < -0.39 is 21.0 Å². The first-order valence-corrected chi connectivity index (χ1v) is 15.0. The molecule has 2 fully saturated rings. The summed E-state index contributed by atoms with van der Waals surface area (Å²) < 4.78 is 29.7. The summed E-state index contributed by atoms with van der Waals surface area (Å²) in [6.45, 7) is 1.78. The molecule has 1 unspecified atom stereocenters. The number of imidazole rings is 1. The van der Waals surface area contributed by atoms with Gasteiger partial charge in [-0.3, -0.25) is 14.1 Å². The standard InChI is InChI=1S/C30H31N5O4S/c36-29(34-18-17-31-20-23(34)19-21-9-3-1-4-10-21)27-28(22-11-5-2-6-12-22)35(30(37)32-27)26-14-8-7-13-25(26)33-40(38,39)24-15-16-24/h1-14,23-24,31,33H,15-20H2,(H,32,37). The Morgan fingerprint density at radius 2 is 1.60 bits per heavy atom. The summed E-state index contributed by atoms with van der Waals surface area (Å²) in [5.41, 5.74) is 2.48. The first kappa shape index (κ1) is 26.1. The molecule has 2 heterocycles. The number of piperazine rings is 1. The van der Waals surface area contributed by atoms with E-state index in [2.05, 4.69) is 15.0 Å². The number of sulfonamides is 1. The molecule has 1 aliphatic carbocycles. The van der Waals surface area contributed by atoms with Crippen LogP contribution < -0.4 is 15.7 Å². The predicted molar refractivity (Wildman–Crippen MR) is 155 cm³/mol. The highest BCUT2D eigenvalue weighted by Gasteiger charge is 2.37. The van der Waals surface area contributed by atoms with Crippen molar-refractivity contribution in [1.29, 1.82) is 0 Å². The molecule has 0 radical (unpaired) electrons. The molecule has 1 saturated heterocycles. The van der Waals surface area contributed by atoms with Crippen molar-refractivity contribution in [1.82, 2.24) is 19.8 Å². The van der Waals surface area contributed by atoms with E-state index in [4.69, 9.17) is 0 Å². The van der Waals surface area contributed by atoms with Gasteiger partial charge in [0.1, 0.15) is 5.69 Å². The molecule has 3 aromatic carbocycles. The van der Waals surface area contributed by atoms with Crippen molar-refractivity contribution < 1.29 is 13.2 Å². The third-order valence-electron chi connectivity index (χ3n) is 7.44. The molecule has 9 nitrogen and oxygen atoms in total. The molecule has 1 amide bonds. The summed E-state index contributed by atoms with van der Waals surface area (Å²) in [4.78, 5) is 32.5. The number of para-hydroxylation sites is 2. The van der Waals surface area contributed by atoms with E-state index in [1.54, 1.807) is 24.3 Å². The number of H-pyrrole nitrogens is 1. The second-order valence-electron chi connectivity index (χ2n) is 10.3. The summed E-state index contributed by atoms with van der Waals surface area (Å²) in [5, 5.41) is 2.96. The third kappa shape index (κ3) is 5.20. The molecule has 1 saturated carbocycles. The van der Waals surface area contributed by atoms with E-state index in [-0.39, 0.29) is 23.3 Å². The van der Waals surface area contributed by atoms with Crippen molar-refractivity contribution >= 4 is 21.6 Å². The Hall–Kier alpha value is -4.15. The second-order valence-corrected chi connectivity index (χ2v) is 12.2. The van der Waals surface area contributed by atoms with Gasteiger partial charge in [0.05, 0.1) is 22.3 Å². The zero-order chi connectivity index (χ0) is 27.7. The van der Waals surface area contributed by atoms with Crippen molar-refractivity contribution in [2.45, 2.75) is 30.6 Å². The zero-order valence-electron chi connectivity index (χ0n) is 21.9. The Balaban J connectivity index is 1.45. The number of rotatable bonds is 8. The molecule has 0 spiro atoms. The van der Waals surface area contributed by atoms with Crippen LogP contribution in [0, 0.1) is 0 Å². The van der Waals surface area contributed by atoms with E-state index in [0.717, 1.165) is 5.56 Å². The quantitative estimate of drug-likeness (QED) is 0.307. The number of hydrogen-bond acceptors (Lipinski definition) is 5. The molecule has 6 rings (SSSR count). The van der Waals surface area contributed by atoms with Gasteiger partial charge in [-0.2, -0.15) is 0 Å². The van der Waals surface area contributed by atoms with Gasteiger partial charge in [-0.15, -0.1) is 0 Å². The Bertz CT molecular complexity index is 1680. The van der Waals surface area contributed by atoms with Crippen LogP contribution >= 0.6 is 0 Å². The summed E-state index contributed by atoms with van der Waals surface area (Å²) in [6.07, 6.45) is 1.91. The van der Waals surface area contributed by atoms with Crippen LogP contribution in [0.15, 0.2) is 89.7 Å². The first-order valence-electron chi connectivity index (χ1n) is 13.5. The maximum atomic E-state index is 14.2. The lowest BCUT2D eigenvalue weighted by Crippen LogP contribution is -2.54. The molecule has 10 heteroatoms. The summed E-state index contributed by atoms with van der Waals surface area (Å²) >= 11 is 0. The fraction of sp³-hybridized carbons (Fsp3) is 0.267. The average molecular weight is 558 g/mol. The van der Waals surface area contributed by atoms with Gasteiger partial charge in [-0.25, -0.2) is 13.2 Å². The first-order chi connectivity index (χ1) is 19.4. The largest absolute Gasteiger partial charge is 0.331 e. The van der Waals surface area contributed by atoms with Gasteiger partial charge in [0.15, 0.2) is 0 Å². The highest BCUT2D eigenvalue weighted by molar-refractivity contribution is 7.93. The van der Waals surface area contributed by atoms with Gasteiger partial charge >= 0.3 is 5.69 Å². The summed E-state index contributed by atoms with van der Waals surface area (Å²) in [7, 11) is -3.58. The van der Waals surface area contributed by atoms with E-state index in [1.807, 2.05) is 65.6 Å². The molecular weight excluding hydrogens is 526 g/mol. The average Bonchev–Trinajstić information content (AvgIpc) is 3.78. The van der Waals surface area contributed by atoms with Crippen LogP contribution in [0.5, 0.6) is 0 Å². The molecule has 4 aromatic rings. The second kappa shape index (κ2) is 10.8. The van der Waals surface area contributed by atoms with Crippen LogP contribution in [0.2, 0.25) is 0 Å². The molecular formula is C30H31N5O4S. The Labute approximate surface area is 232 Å². The number of aromatic nitrogens is 2. The fourth-order valence-electron chi connectivity index (χ4n) is 5.30. The van der Waals surface area contributed by atoms with E-state index in [1.165, 1.54) is 4.57 Å². The van der Waals surface area contributed by atoms with Crippen molar-refractivity contribution in [2.24, 2.45) is 0 Å². The number of nitrogens with one attached hydrogen (secondary N) is 3. The minimum Gasteiger partial charge on any atom is -0.331 e. The predicted octanol–water partition coefficient (Wildman–Crippen LogP) is 3.39. The molecule has 40 heavy (non-hydrogen) atoms. The summed E-state index contributed by atoms with van der Waals surface area (Å²) in [5.74, 6) is -0.270. The zero-order valence-corrected chi connectivity index (χ0v) is 22.7. The molecule has 1 aliphatic heterocycles. The smallest absolute Gasteiger partial charge is 0.331 e. The minimum absolute atomic E-state index is 0.100. The van der Waals surface area contributed by atoms with Gasteiger partial charge < -0.3 is 15.2 Å². The van der Waals surface area contributed by atoms with Crippen LogP contribution in [0.1, 0.15) is 28.9 Å². The Morgan fingerprint density at radius 1 is 0.925 bits per heavy atom.